The summed E-state index contributed by atoms with van der Waals surface area (Å²) in [5.41, 5.74) is 1.10. The lowest BCUT2D eigenvalue weighted by molar-refractivity contribution is -0.128. The van der Waals surface area contributed by atoms with Crippen molar-refractivity contribution >= 4 is 23.5 Å². The number of ether oxygens (including phenoxy) is 3. The summed E-state index contributed by atoms with van der Waals surface area (Å²) in [6.45, 7) is 2.06. The lowest BCUT2D eigenvalue weighted by atomic mass is 9.84. The zero-order valence-electron chi connectivity index (χ0n) is 15.7. The van der Waals surface area contributed by atoms with E-state index in [9.17, 15) is 14.4 Å². The molecule has 2 saturated heterocycles. The van der Waals surface area contributed by atoms with Gasteiger partial charge in [-0.25, -0.2) is 4.79 Å². The summed E-state index contributed by atoms with van der Waals surface area (Å²) in [6, 6.07) is 6.35. The minimum atomic E-state index is -0.615. The van der Waals surface area contributed by atoms with Crippen molar-refractivity contribution in [2.45, 2.75) is 50.5 Å². The van der Waals surface area contributed by atoms with Crippen LogP contribution in [0.5, 0.6) is 0 Å². The summed E-state index contributed by atoms with van der Waals surface area (Å²) < 4.78 is 17.0. The molecule has 4 rings (SSSR count). The van der Waals surface area contributed by atoms with Crippen molar-refractivity contribution in [2.75, 3.05) is 18.5 Å². The van der Waals surface area contributed by atoms with E-state index in [1.807, 2.05) is 0 Å². The van der Waals surface area contributed by atoms with Gasteiger partial charge >= 0.3 is 6.09 Å². The van der Waals surface area contributed by atoms with E-state index in [2.05, 4.69) is 10.6 Å². The summed E-state index contributed by atoms with van der Waals surface area (Å²) >= 11 is 0. The standard InChI is InChI=1S/C20H24N2O6/c1-11(23)12-5-7-14(8-6-12)21-20(25)28-16-10-27-17-15(9-26-18(16)17)22-19(24)13-3-2-4-13/h5-8,13,15-18H,2-4,9-10H2,1H3,(H,21,25)(H,22,24). The molecule has 3 aliphatic rings. The maximum Gasteiger partial charge on any atom is 0.412 e. The third-order valence-electron chi connectivity index (χ3n) is 5.61. The van der Waals surface area contributed by atoms with Gasteiger partial charge in [-0.15, -0.1) is 0 Å². The maximum atomic E-state index is 12.2. The highest BCUT2D eigenvalue weighted by atomic mass is 16.6. The molecule has 4 unspecified atom stereocenters. The Hall–Kier alpha value is -2.45. The molecule has 4 atom stereocenters. The molecule has 8 nitrogen and oxygen atoms in total. The van der Waals surface area contributed by atoms with Gasteiger partial charge in [0.2, 0.25) is 5.91 Å². The maximum absolute atomic E-state index is 12.2. The number of Topliss-reactive ketones (excluding diaryl/α,β-unsaturated/α-hetero) is 1. The second-order valence-electron chi connectivity index (χ2n) is 7.54. The zero-order valence-corrected chi connectivity index (χ0v) is 15.7. The summed E-state index contributed by atoms with van der Waals surface area (Å²) in [7, 11) is 0. The van der Waals surface area contributed by atoms with Crippen LogP contribution in [0.4, 0.5) is 10.5 Å². The molecule has 28 heavy (non-hydrogen) atoms. The molecule has 0 bridgehead atoms. The van der Waals surface area contributed by atoms with Crippen molar-refractivity contribution in [3.8, 4) is 0 Å². The molecule has 2 heterocycles. The highest BCUT2D eigenvalue weighted by Gasteiger charge is 2.50. The van der Waals surface area contributed by atoms with Crippen molar-refractivity contribution in [1.29, 1.82) is 0 Å². The van der Waals surface area contributed by atoms with Gasteiger partial charge in [0.1, 0.15) is 12.2 Å². The Bertz CT molecular complexity index is 760. The smallest absolute Gasteiger partial charge is 0.412 e. The van der Waals surface area contributed by atoms with Crippen molar-refractivity contribution in [3.63, 3.8) is 0 Å². The number of carbonyl (C=O) groups excluding carboxylic acids is 3. The molecule has 150 valence electrons. The summed E-state index contributed by atoms with van der Waals surface area (Å²) in [5.74, 6) is 0.119. The number of ketones is 1. The van der Waals surface area contributed by atoms with Gasteiger partial charge in [-0.2, -0.15) is 0 Å². The number of rotatable bonds is 5. The quantitative estimate of drug-likeness (QED) is 0.747. The summed E-state index contributed by atoms with van der Waals surface area (Å²) in [4.78, 5) is 35.6. The third kappa shape index (κ3) is 3.88. The Labute approximate surface area is 162 Å². The SMILES string of the molecule is CC(=O)c1ccc(NC(=O)OC2COC3C(NC(=O)C4CCC4)COC23)cc1. The van der Waals surface area contributed by atoms with Gasteiger partial charge in [-0.3, -0.25) is 14.9 Å². The fourth-order valence-corrected chi connectivity index (χ4v) is 3.73. The van der Waals surface area contributed by atoms with Gasteiger partial charge in [0.05, 0.1) is 19.3 Å². The Morgan fingerprint density at radius 2 is 1.75 bits per heavy atom. The average molecular weight is 388 g/mol. The van der Waals surface area contributed by atoms with Crippen molar-refractivity contribution in [1.82, 2.24) is 5.32 Å². The number of nitrogens with one attached hydrogen (secondary N) is 2. The van der Waals surface area contributed by atoms with E-state index in [-0.39, 0.29) is 36.4 Å². The molecule has 2 aliphatic heterocycles. The molecule has 0 radical (unpaired) electrons. The first-order valence-electron chi connectivity index (χ1n) is 9.63. The lowest BCUT2D eigenvalue weighted by Crippen LogP contribution is -2.47. The van der Waals surface area contributed by atoms with Crippen LogP contribution in [0.25, 0.3) is 0 Å². The van der Waals surface area contributed by atoms with Crippen LogP contribution in [0.3, 0.4) is 0 Å². The normalized spacial score (nSPS) is 28.9. The van der Waals surface area contributed by atoms with Crippen LogP contribution in [-0.2, 0) is 19.0 Å². The van der Waals surface area contributed by atoms with Crippen LogP contribution in [0.2, 0.25) is 0 Å². The van der Waals surface area contributed by atoms with E-state index >= 15 is 0 Å². The first-order chi connectivity index (χ1) is 13.5. The molecule has 1 saturated carbocycles. The molecule has 1 aromatic carbocycles. The predicted molar refractivity (Wildman–Crippen MR) is 99.1 cm³/mol. The fraction of sp³-hybridized carbons (Fsp3) is 0.550. The number of anilines is 1. The summed E-state index contributed by atoms with van der Waals surface area (Å²) in [5, 5.41) is 5.64. The van der Waals surface area contributed by atoms with Crippen LogP contribution < -0.4 is 10.6 Å². The highest BCUT2D eigenvalue weighted by molar-refractivity contribution is 5.95. The average Bonchev–Trinajstić information content (AvgIpc) is 3.17. The van der Waals surface area contributed by atoms with Crippen molar-refractivity contribution < 1.29 is 28.6 Å². The van der Waals surface area contributed by atoms with E-state index in [4.69, 9.17) is 14.2 Å². The lowest BCUT2D eigenvalue weighted by Gasteiger charge is -2.27. The van der Waals surface area contributed by atoms with Crippen LogP contribution >= 0.6 is 0 Å². The number of carbonyl (C=O) groups is 3. The minimum absolute atomic E-state index is 0.0411. The Morgan fingerprint density at radius 1 is 1.04 bits per heavy atom. The molecule has 2 N–H and O–H groups in total. The second kappa shape index (κ2) is 7.89. The van der Waals surface area contributed by atoms with Gasteiger partial charge in [-0.1, -0.05) is 6.42 Å². The topological polar surface area (TPSA) is 103 Å². The largest absolute Gasteiger partial charge is 0.441 e. The zero-order chi connectivity index (χ0) is 19.7. The van der Waals surface area contributed by atoms with E-state index in [1.165, 1.54) is 6.92 Å². The van der Waals surface area contributed by atoms with Crippen LogP contribution in [0.1, 0.15) is 36.5 Å². The Kier molecular flexibility index (Phi) is 5.32. The first-order valence-corrected chi connectivity index (χ1v) is 9.63. The number of amides is 2. The number of hydrogen-bond donors (Lipinski definition) is 2. The van der Waals surface area contributed by atoms with Gasteiger partial charge in [-0.05, 0) is 44.0 Å². The van der Waals surface area contributed by atoms with Crippen LogP contribution in [0, 0.1) is 5.92 Å². The Balaban J connectivity index is 1.28. The molecule has 3 fully saturated rings. The van der Waals surface area contributed by atoms with Gasteiger partial charge < -0.3 is 19.5 Å². The van der Waals surface area contributed by atoms with Crippen molar-refractivity contribution in [3.05, 3.63) is 29.8 Å². The van der Waals surface area contributed by atoms with E-state index in [0.717, 1.165) is 19.3 Å². The molecular formula is C20H24N2O6. The van der Waals surface area contributed by atoms with Gasteiger partial charge in [0.25, 0.3) is 0 Å². The molecular weight excluding hydrogens is 364 g/mol. The first kappa shape index (κ1) is 18.9. The summed E-state index contributed by atoms with van der Waals surface area (Å²) in [6.07, 6.45) is 1.13. The number of benzene rings is 1. The number of fused-ring (bicyclic) bond motifs is 1. The van der Waals surface area contributed by atoms with E-state index in [1.54, 1.807) is 24.3 Å². The van der Waals surface area contributed by atoms with Gasteiger partial charge in [0.15, 0.2) is 11.9 Å². The Morgan fingerprint density at radius 3 is 2.39 bits per heavy atom. The molecule has 1 aromatic rings. The highest BCUT2D eigenvalue weighted by Crippen LogP contribution is 2.31. The van der Waals surface area contributed by atoms with E-state index in [0.29, 0.717) is 17.9 Å². The second-order valence-corrected chi connectivity index (χ2v) is 7.54. The predicted octanol–water partition coefficient (Wildman–Crippen LogP) is 1.89. The third-order valence-corrected chi connectivity index (χ3v) is 5.61. The minimum Gasteiger partial charge on any atom is -0.441 e. The molecule has 1 aliphatic carbocycles. The van der Waals surface area contributed by atoms with Crippen molar-refractivity contribution in [2.24, 2.45) is 5.92 Å². The van der Waals surface area contributed by atoms with Gasteiger partial charge in [0, 0.05) is 17.2 Å². The van der Waals surface area contributed by atoms with Crippen LogP contribution in [-0.4, -0.2) is 55.4 Å². The number of hydrogen-bond acceptors (Lipinski definition) is 6. The molecule has 0 spiro atoms. The van der Waals surface area contributed by atoms with E-state index < -0.39 is 18.3 Å². The monoisotopic (exact) mass is 388 g/mol. The fourth-order valence-electron chi connectivity index (χ4n) is 3.73. The molecule has 8 heteroatoms. The molecule has 0 aromatic heterocycles. The van der Waals surface area contributed by atoms with Crippen LogP contribution in [0.15, 0.2) is 24.3 Å². The molecule has 2 amide bonds.